The highest BCUT2D eigenvalue weighted by Gasteiger charge is 2.53. The summed E-state index contributed by atoms with van der Waals surface area (Å²) in [4.78, 5) is 25.3. The van der Waals surface area contributed by atoms with Crippen LogP contribution in [0.25, 0.3) is 0 Å². The Morgan fingerprint density at radius 2 is 1.88 bits per heavy atom. The van der Waals surface area contributed by atoms with Crippen molar-refractivity contribution in [1.82, 2.24) is 10.2 Å². The number of likely N-dealkylation sites (tertiary alicyclic amines) is 1. The van der Waals surface area contributed by atoms with Gasteiger partial charge in [0.1, 0.15) is 5.78 Å². The number of carbonyl (C=O) groups excluding carboxylic acids is 2. The second-order valence-corrected chi connectivity index (χ2v) is 5.67. The van der Waals surface area contributed by atoms with E-state index in [-0.39, 0.29) is 23.3 Å². The van der Waals surface area contributed by atoms with E-state index in [0.29, 0.717) is 32.0 Å². The third-order valence-electron chi connectivity index (χ3n) is 3.65. The van der Waals surface area contributed by atoms with Gasteiger partial charge in [-0.25, -0.2) is 0 Å². The van der Waals surface area contributed by atoms with E-state index in [2.05, 4.69) is 5.32 Å². The molecule has 16 heavy (non-hydrogen) atoms. The molecule has 2 fully saturated rings. The highest BCUT2D eigenvalue weighted by molar-refractivity contribution is 5.92. The van der Waals surface area contributed by atoms with Gasteiger partial charge in [-0.2, -0.15) is 0 Å². The summed E-state index contributed by atoms with van der Waals surface area (Å²) in [6, 6.07) is 0. The van der Waals surface area contributed by atoms with E-state index in [1.807, 2.05) is 18.7 Å². The average molecular weight is 225 g/mol. The van der Waals surface area contributed by atoms with Crippen LogP contribution in [0.5, 0.6) is 0 Å². The van der Waals surface area contributed by atoms with Crippen molar-refractivity contribution in [3.8, 4) is 0 Å². The Morgan fingerprint density at radius 3 is 2.31 bits per heavy atom. The van der Waals surface area contributed by atoms with Gasteiger partial charge in [-0.3, -0.25) is 14.5 Å². The van der Waals surface area contributed by atoms with Gasteiger partial charge in [0.15, 0.2) is 0 Å². The predicted molar refractivity (Wildman–Crippen MR) is 59.7 cm³/mol. The molecule has 2 atom stereocenters. The number of amides is 1. The molecule has 90 valence electrons. The van der Waals surface area contributed by atoms with E-state index in [4.69, 9.17) is 5.73 Å². The molecule has 2 rings (SSSR count). The molecule has 0 saturated carbocycles. The van der Waals surface area contributed by atoms with Crippen LogP contribution >= 0.6 is 0 Å². The van der Waals surface area contributed by atoms with Crippen LogP contribution in [0.2, 0.25) is 0 Å². The zero-order valence-electron chi connectivity index (χ0n) is 9.88. The fourth-order valence-corrected chi connectivity index (χ4v) is 3.13. The maximum absolute atomic E-state index is 12.3. The number of nitrogens with two attached hydrogens (primary N) is 1. The minimum Gasteiger partial charge on any atom is -0.369 e. The summed E-state index contributed by atoms with van der Waals surface area (Å²) in [6.45, 7) is 6.81. The number of ketones is 1. The van der Waals surface area contributed by atoms with E-state index >= 15 is 0 Å². The fourth-order valence-electron chi connectivity index (χ4n) is 3.13. The molecule has 2 unspecified atom stereocenters. The van der Waals surface area contributed by atoms with E-state index in [9.17, 15) is 9.59 Å². The first-order chi connectivity index (χ1) is 7.36. The van der Waals surface area contributed by atoms with Crippen molar-refractivity contribution >= 4 is 11.7 Å². The van der Waals surface area contributed by atoms with Crippen molar-refractivity contribution in [2.24, 2.45) is 16.6 Å². The lowest BCUT2D eigenvalue weighted by Gasteiger charge is -2.51. The lowest BCUT2D eigenvalue weighted by Crippen LogP contribution is -2.68. The zero-order chi connectivity index (χ0) is 12.0. The van der Waals surface area contributed by atoms with Gasteiger partial charge in [-0.1, -0.05) is 13.8 Å². The van der Waals surface area contributed by atoms with Gasteiger partial charge in [0.2, 0.25) is 5.91 Å². The summed E-state index contributed by atoms with van der Waals surface area (Å²) < 4.78 is 0. The number of primary amides is 1. The Labute approximate surface area is 95.3 Å². The lowest BCUT2D eigenvalue weighted by atomic mass is 9.65. The van der Waals surface area contributed by atoms with Gasteiger partial charge in [-0.05, 0) is 0 Å². The molecule has 3 N–H and O–H groups in total. The molecule has 0 spiro atoms. The average Bonchev–Trinajstić information content (AvgIpc) is 2.10. The van der Waals surface area contributed by atoms with Crippen LogP contribution < -0.4 is 11.1 Å². The van der Waals surface area contributed by atoms with Gasteiger partial charge in [-0.15, -0.1) is 0 Å². The monoisotopic (exact) mass is 225 g/mol. The number of hydrogen-bond acceptors (Lipinski definition) is 4. The number of nitrogens with zero attached hydrogens (tertiary/aromatic N) is 1. The second kappa shape index (κ2) is 3.53. The van der Waals surface area contributed by atoms with Gasteiger partial charge in [0.05, 0.1) is 17.4 Å². The van der Waals surface area contributed by atoms with E-state index < -0.39 is 0 Å². The van der Waals surface area contributed by atoms with Crippen LogP contribution in [0.4, 0.5) is 0 Å². The van der Waals surface area contributed by atoms with Crippen molar-refractivity contribution in [3.63, 3.8) is 0 Å². The molecule has 0 aromatic heterocycles. The molecule has 0 aliphatic carbocycles. The van der Waals surface area contributed by atoms with Crippen molar-refractivity contribution in [2.45, 2.75) is 13.8 Å². The van der Waals surface area contributed by atoms with Gasteiger partial charge >= 0.3 is 0 Å². The largest absolute Gasteiger partial charge is 0.369 e. The number of rotatable bonds is 2. The first-order valence-corrected chi connectivity index (χ1v) is 5.62. The molecule has 0 aromatic carbocycles. The third kappa shape index (κ3) is 1.74. The van der Waals surface area contributed by atoms with Crippen LogP contribution in [0.15, 0.2) is 0 Å². The van der Waals surface area contributed by atoms with Gasteiger partial charge in [0, 0.05) is 26.2 Å². The molecule has 0 aromatic rings. The maximum atomic E-state index is 12.3. The molecule has 2 bridgehead atoms. The van der Waals surface area contributed by atoms with Crippen LogP contribution in [-0.4, -0.2) is 49.3 Å². The number of hydrogen-bond donors (Lipinski definition) is 2. The standard InChI is InChI=1S/C11H19N3O2/c1-10-4-13-5-11(2,9(10)16)7-14(6-10)3-8(12)15/h13H,3-7H2,1-2H3,(H2,12,15). The van der Waals surface area contributed by atoms with Crippen LogP contribution in [0.3, 0.4) is 0 Å². The summed E-state index contributed by atoms with van der Waals surface area (Å²) in [5.41, 5.74) is 4.46. The first kappa shape index (κ1) is 11.5. The number of carbonyl (C=O) groups is 2. The highest BCUT2D eigenvalue weighted by atomic mass is 16.1. The number of Topliss-reactive ketones (excluding diaryl/α,β-unsaturated/α-hetero) is 1. The Balaban J connectivity index is 2.22. The molecule has 2 saturated heterocycles. The molecular weight excluding hydrogens is 206 g/mol. The first-order valence-electron chi connectivity index (χ1n) is 5.62. The summed E-state index contributed by atoms with van der Waals surface area (Å²) in [5.74, 6) is -0.00736. The van der Waals surface area contributed by atoms with Gasteiger partial charge in [0.25, 0.3) is 0 Å². The van der Waals surface area contributed by atoms with E-state index in [1.54, 1.807) is 0 Å². The molecule has 2 aliphatic rings. The molecule has 0 radical (unpaired) electrons. The van der Waals surface area contributed by atoms with E-state index in [0.717, 1.165) is 0 Å². The topological polar surface area (TPSA) is 75.4 Å². The number of piperidine rings is 2. The Bertz CT molecular complexity index is 322. The number of nitrogens with one attached hydrogen (secondary N) is 1. The van der Waals surface area contributed by atoms with Crippen molar-refractivity contribution in [1.29, 1.82) is 0 Å². The molecular formula is C11H19N3O2. The van der Waals surface area contributed by atoms with Gasteiger partial charge < -0.3 is 11.1 Å². The van der Waals surface area contributed by atoms with Crippen LogP contribution in [-0.2, 0) is 9.59 Å². The van der Waals surface area contributed by atoms with Crippen molar-refractivity contribution in [2.75, 3.05) is 32.7 Å². The summed E-state index contributed by atoms with van der Waals surface area (Å²) in [6.07, 6.45) is 0. The second-order valence-electron chi connectivity index (χ2n) is 5.67. The summed E-state index contributed by atoms with van der Waals surface area (Å²) in [7, 11) is 0. The van der Waals surface area contributed by atoms with Crippen LogP contribution in [0, 0.1) is 10.8 Å². The molecule has 5 nitrogen and oxygen atoms in total. The normalized spacial score (nSPS) is 39.8. The molecule has 2 aliphatic heterocycles. The molecule has 1 amide bonds. The maximum Gasteiger partial charge on any atom is 0.231 e. The minimum atomic E-state index is -0.374. The highest BCUT2D eigenvalue weighted by Crippen LogP contribution is 2.38. The fraction of sp³-hybridized carbons (Fsp3) is 0.818. The van der Waals surface area contributed by atoms with Crippen LogP contribution in [0.1, 0.15) is 13.8 Å². The minimum absolute atomic E-state index is 0.248. The lowest BCUT2D eigenvalue weighted by molar-refractivity contribution is -0.150. The van der Waals surface area contributed by atoms with Crippen molar-refractivity contribution in [3.05, 3.63) is 0 Å². The SMILES string of the molecule is CC12CNCC(C)(CN(CC(N)=O)C1)C2=O. The molecule has 2 heterocycles. The summed E-state index contributed by atoms with van der Waals surface area (Å²) >= 11 is 0. The quantitative estimate of drug-likeness (QED) is 0.630. The predicted octanol–water partition coefficient (Wildman–Crippen LogP) is -1.03. The Hall–Kier alpha value is -0.940. The Morgan fingerprint density at radius 1 is 1.38 bits per heavy atom. The Kier molecular flexibility index (Phi) is 2.55. The third-order valence-corrected chi connectivity index (χ3v) is 3.65. The van der Waals surface area contributed by atoms with Crippen molar-refractivity contribution < 1.29 is 9.59 Å². The zero-order valence-corrected chi connectivity index (χ0v) is 9.88. The number of fused-ring (bicyclic) bond motifs is 2. The summed E-state index contributed by atoms with van der Waals surface area (Å²) in [5, 5.41) is 3.31. The molecule has 5 heteroatoms. The van der Waals surface area contributed by atoms with E-state index in [1.165, 1.54) is 0 Å². The smallest absolute Gasteiger partial charge is 0.231 e.